The van der Waals surface area contributed by atoms with E-state index in [1.807, 2.05) is 0 Å². The van der Waals surface area contributed by atoms with Gasteiger partial charge in [-0.15, -0.1) is 0 Å². The smallest absolute Gasteiger partial charge is 0.322 e. The first-order valence-electron chi connectivity index (χ1n) is 6.23. The minimum absolute atomic E-state index is 0.0448. The summed E-state index contributed by atoms with van der Waals surface area (Å²) in [4.78, 5) is 19.3. The molecule has 0 bridgehead atoms. The molecule has 1 aromatic rings. The van der Waals surface area contributed by atoms with Crippen LogP contribution in [0.4, 0.5) is 19.4 Å². The fourth-order valence-corrected chi connectivity index (χ4v) is 2.13. The van der Waals surface area contributed by atoms with Gasteiger partial charge in [-0.25, -0.2) is 0 Å². The first-order chi connectivity index (χ1) is 10.3. The van der Waals surface area contributed by atoms with Gasteiger partial charge in [-0.2, -0.15) is 0 Å². The molecule has 0 saturated heterocycles. The van der Waals surface area contributed by atoms with Crippen LogP contribution in [0, 0.1) is 0 Å². The maximum absolute atomic E-state index is 12.5. The monoisotopic (exact) mass is 363 g/mol. The third-order valence-corrected chi connectivity index (χ3v) is 3.69. The zero-order valence-corrected chi connectivity index (χ0v) is 12.4. The molecule has 0 heterocycles. The average Bonchev–Trinajstić information content (AvgIpc) is 2.39. The van der Waals surface area contributed by atoms with Crippen molar-refractivity contribution in [1.82, 2.24) is 5.32 Å². The number of carboxylic acid groups (broad SMARTS) is 1. The number of halogens is 5. The SMILES string of the molecule is O=C(O)CNC(=O)CCCOc1ccc(S(F)(F)(F)(F)F)cc1. The average molecular weight is 363 g/mol. The number of rotatable bonds is 8. The maximum Gasteiger partial charge on any atom is 0.322 e. The molecular weight excluding hydrogens is 349 g/mol. The molecular formula is C12H14F5NO4S. The van der Waals surface area contributed by atoms with Gasteiger partial charge < -0.3 is 15.2 Å². The summed E-state index contributed by atoms with van der Waals surface area (Å²) in [6, 6.07) is 1.99. The lowest BCUT2D eigenvalue weighted by molar-refractivity contribution is -0.137. The molecule has 2 N–H and O–H groups in total. The summed E-state index contributed by atoms with van der Waals surface area (Å²) in [5.74, 6) is -1.77. The fourth-order valence-electron chi connectivity index (χ4n) is 1.48. The Hall–Kier alpha value is -2.04. The van der Waals surface area contributed by atoms with Gasteiger partial charge in [0, 0.05) is 6.42 Å². The Bertz CT molecular complexity index is 588. The molecule has 0 fully saturated rings. The van der Waals surface area contributed by atoms with Crippen LogP contribution in [0.1, 0.15) is 12.8 Å². The highest BCUT2D eigenvalue weighted by Crippen LogP contribution is 3.02. The zero-order chi connectivity index (χ0) is 17.8. The van der Waals surface area contributed by atoms with Gasteiger partial charge in [0.2, 0.25) is 5.91 Å². The molecule has 1 rings (SSSR count). The van der Waals surface area contributed by atoms with E-state index in [0.29, 0.717) is 0 Å². The molecule has 0 aliphatic rings. The molecule has 1 aromatic carbocycles. The molecule has 0 unspecified atom stereocenters. The van der Waals surface area contributed by atoms with Crippen molar-refractivity contribution < 1.29 is 38.9 Å². The van der Waals surface area contributed by atoms with Crippen molar-refractivity contribution in [2.45, 2.75) is 17.7 Å². The summed E-state index contributed by atoms with van der Waals surface area (Å²) in [5.41, 5.74) is 0. The quantitative estimate of drug-likeness (QED) is 0.545. The van der Waals surface area contributed by atoms with Crippen LogP contribution in [0.15, 0.2) is 29.2 Å². The Labute approximate surface area is 128 Å². The largest absolute Gasteiger partial charge is 0.494 e. The summed E-state index contributed by atoms with van der Waals surface area (Å²) in [6.45, 7) is -0.564. The lowest BCUT2D eigenvalue weighted by Crippen LogP contribution is -2.29. The normalized spacial score (nSPS) is 14.5. The van der Waals surface area contributed by atoms with Crippen molar-refractivity contribution in [1.29, 1.82) is 0 Å². The van der Waals surface area contributed by atoms with Crippen molar-refractivity contribution in [2.24, 2.45) is 0 Å². The van der Waals surface area contributed by atoms with Gasteiger partial charge in [0.1, 0.15) is 17.2 Å². The van der Waals surface area contributed by atoms with Gasteiger partial charge in [0.15, 0.2) is 0 Å². The second-order valence-corrected chi connectivity index (χ2v) is 6.97. The third kappa shape index (κ3) is 7.17. The minimum Gasteiger partial charge on any atom is -0.494 e. The Morgan fingerprint density at radius 1 is 1.09 bits per heavy atom. The standard InChI is InChI=1S/C12H14F5NO4S/c13-23(14,15,16,17)10-5-3-9(4-6-10)22-7-1-2-11(19)18-8-12(20)21/h3-6H,1-2,7-8H2,(H,18,19)(H,20,21). The number of benzene rings is 1. The predicted octanol–water partition coefficient (Wildman–Crippen LogP) is 3.70. The number of hydrogen-bond acceptors (Lipinski definition) is 3. The molecule has 0 aliphatic heterocycles. The highest BCUT2D eigenvalue weighted by Gasteiger charge is 2.65. The van der Waals surface area contributed by atoms with Crippen molar-refractivity contribution in [2.75, 3.05) is 13.2 Å². The summed E-state index contributed by atoms with van der Waals surface area (Å²) < 4.78 is 67.4. The van der Waals surface area contributed by atoms with Crippen LogP contribution in [0.25, 0.3) is 0 Å². The molecule has 0 atom stereocenters. The zero-order valence-electron chi connectivity index (χ0n) is 11.6. The van der Waals surface area contributed by atoms with Gasteiger partial charge in [0.05, 0.1) is 6.61 Å². The van der Waals surface area contributed by atoms with Crippen molar-refractivity contribution in [3.63, 3.8) is 0 Å². The van der Waals surface area contributed by atoms with Crippen LogP contribution in [0.2, 0.25) is 0 Å². The fraction of sp³-hybridized carbons (Fsp3) is 0.333. The number of amides is 1. The topological polar surface area (TPSA) is 75.6 Å². The molecule has 11 heteroatoms. The van der Waals surface area contributed by atoms with Crippen molar-refractivity contribution >= 4 is 22.1 Å². The van der Waals surface area contributed by atoms with Crippen LogP contribution < -0.4 is 10.1 Å². The molecule has 5 nitrogen and oxygen atoms in total. The van der Waals surface area contributed by atoms with E-state index in [4.69, 9.17) is 9.84 Å². The summed E-state index contributed by atoms with van der Waals surface area (Å²) >= 11 is 0. The number of aliphatic carboxylic acids is 1. The highest BCUT2D eigenvalue weighted by molar-refractivity contribution is 8.45. The van der Waals surface area contributed by atoms with E-state index in [1.54, 1.807) is 0 Å². The van der Waals surface area contributed by atoms with E-state index in [2.05, 4.69) is 5.32 Å². The molecule has 23 heavy (non-hydrogen) atoms. The Balaban J connectivity index is 2.43. The molecule has 132 valence electrons. The number of carbonyl (C=O) groups excluding carboxylic acids is 1. The minimum atomic E-state index is -9.69. The lowest BCUT2D eigenvalue weighted by Gasteiger charge is -2.40. The first kappa shape index (κ1) is 19.0. The third-order valence-electron chi connectivity index (χ3n) is 2.52. The number of carboxylic acids is 1. The van der Waals surface area contributed by atoms with E-state index in [0.717, 1.165) is 12.1 Å². The number of nitrogens with one attached hydrogen (secondary N) is 1. The van der Waals surface area contributed by atoms with E-state index in [-0.39, 0.29) is 37.3 Å². The summed E-state index contributed by atoms with van der Waals surface area (Å²) in [6.07, 6.45) is 0.131. The van der Waals surface area contributed by atoms with Crippen LogP contribution in [0.3, 0.4) is 0 Å². The second-order valence-electron chi connectivity index (χ2n) is 4.56. The Kier molecular flexibility index (Phi) is 4.85. The molecule has 0 saturated carbocycles. The Morgan fingerprint density at radius 3 is 2.13 bits per heavy atom. The van der Waals surface area contributed by atoms with E-state index >= 15 is 0 Å². The van der Waals surface area contributed by atoms with Crippen LogP contribution in [-0.4, -0.2) is 30.1 Å². The molecule has 0 aliphatic carbocycles. The predicted molar refractivity (Wildman–Crippen MR) is 73.2 cm³/mol. The van der Waals surface area contributed by atoms with Gasteiger partial charge >= 0.3 is 16.2 Å². The van der Waals surface area contributed by atoms with Gasteiger partial charge in [-0.3, -0.25) is 9.59 Å². The maximum atomic E-state index is 12.5. The molecule has 0 aromatic heterocycles. The van der Waals surface area contributed by atoms with Crippen molar-refractivity contribution in [3.8, 4) is 5.75 Å². The molecule has 1 amide bonds. The molecule has 0 spiro atoms. The Morgan fingerprint density at radius 2 is 1.65 bits per heavy atom. The van der Waals surface area contributed by atoms with Gasteiger partial charge in [-0.05, 0) is 30.7 Å². The summed E-state index contributed by atoms with van der Waals surface area (Å²) in [5, 5.41) is 10.4. The van der Waals surface area contributed by atoms with E-state index < -0.39 is 33.5 Å². The van der Waals surface area contributed by atoms with Gasteiger partial charge in [0.25, 0.3) is 0 Å². The summed E-state index contributed by atoms with van der Waals surface area (Å²) in [7, 11) is -9.69. The van der Waals surface area contributed by atoms with Gasteiger partial charge in [-0.1, -0.05) is 19.4 Å². The lowest BCUT2D eigenvalue weighted by atomic mass is 10.3. The number of carbonyl (C=O) groups is 2. The molecule has 0 radical (unpaired) electrons. The van der Waals surface area contributed by atoms with E-state index in [1.165, 1.54) is 0 Å². The highest BCUT2D eigenvalue weighted by atomic mass is 32.5. The number of ether oxygens (including phenoxy) is 1. The first-order valence-corrected chi connectivity index (χ1v) is 8.18. The van der Waals surface area contributed by atoms with Crippen LogP contribution in [0.5, 0.6) is 5.75 Å². The number of hydrogen-bond donors (Lipinski definition) is 2. The van der Waals surface area contributed by atoms with E-state index in [9.17, 15) is 29.0 Å². The van der Waals surface area contributed by atoms with Crippen LogP contribution >= 0.6 is 10.2 Å². The van der Waals surface area contributed by atoms with Crippen molar-refractivity contribution in [3.05, 3.63) is 24.3 Å². The van der Waals surface area contributed by atoms with Crippen LogP contribution in [-0.2, 0) is 9.59 Å². The second kappa shape index (κ2) is 5.87.